The van der Waals surface area contributed by atoms with E-state index >= 15 is 0 Å². The van der Waals surface area contributed by atoms with Gasteiger partial charge in [-0.1, -0.05) is 0 Å². The summed E-state index contributed by atoms with van der Waals surface area (Å²) in [7, 11) is 3.03. The van der Waals surface area contributed by atoms with E-state index < -0.39 is 23.5 Å². The van der Waals surface area contributed by atoms with Gasteiger partial charge in [-0.2, -0.15) is 0 Å². The maximum atomic E-state index is 15.0. The average Bonchev–Trinajstić information content (AvgIpc) is 2.90. The van der Waals surface area contributed by atoms with Gasteiger partial charge in [-0.25, -0.2) is 8.78 Å². The van der Waals surface area contributed by atoms with Crippen LogP contribution >= 0.6 is 0 Å². The van der Waals surface area contributed by atoms with Gasteiger partial charge in [0.25, 0.3) is 0 Å². The number of fused-ring (bicyclic) bond motifs is 1. The Morgan fingerprint density at radius 1 is 0.769 bits per heavy atom. The van der Waals surface area contributed by atoms with Crippen molar-refractivity contribution in [3.8, 4) is 23.0 Å². The molecule has 10 heteroatoms. The van der Waals surface area contributed by atoms with Crippen molar-refractivity contribution in [2.24, 2.45) is 11.8 Å². The Kier molecular flexibility index (Phi) is 7.27. The van der Waals surface area contributed by atoms with Crippen molar-refractivity contribution in [1.82, 2.24) is 4.98 Å². The van der Waals surface area contributed by atoms with Gasteiger partial charge in [0.15, 0.2) is 23.1 Å². The van der Waals surface area contributed by atoms with E-state index in [1.807, 2.05) is 0 Å². The third-order valence-corrected chi connectivity index (χ3v) is 6.69. The Bertz CT molecular complexity index is 1540. The van der Waals surface area contributed by atoms with Crippen LogP contribution in [0.15, 0.2) is 66.9 Å². The molecule has 1 fully saturated rings. The molecule has 1 aromatic heterocycles. The first-order valence-electron chi connectivity index (χ1n) is 12.2. The number of hydrogen-bond acceptors (Lipinski definition) is 6. The summed E-state index contributed by atoms with van der Waals surface area (Å²) in [6.45, 7) is 0. The zero-order valence-electron chi connectivity index (χ0n) is 21.2. The summed E-state index contributed by atoms with van der Waals surface area (Å²) >= 11 is 0. The fraction of sp³-hybridized carbons (Fsp3) is 0.207. The second kappa shape index (κ2) is 10.9. The minimum absolute atomic E-state index is 0.0459. The Hall–Kier alpha value is -4.73. The maximum absolute atomic E-state index is 15.0. The van der Waals surface area contributed by atoms with Gasteiger partial charge >= 0.3 is 0 Å². The van der Waals surface area contributed by atoms with Crippen molar-refractivity contribution in [3.05, 3.63) is 78.5 Å². The first kappa shape index (κ1) is 25.9. The topological polar surface area (TPSA) is 98.8 Å². The summed E-state index contributed by atoms with van der Waals surface area (Å²) in [6, 6.07) is 14.5. The highest BCUT2D eigenvalue weighted by Crippen LogP contribution is 2.39. The summed E-state index contributed by atoms with van der Waals surface area (Å²) in [5.74, 6) is -1.58. The van der Waals surface area contributed by atoms with Crippen molar-refractivity contribution in [2.75, 3.05) is 24.9 Å². The highest BCUT2D eigenvalue weighted by Gasteiger charge is 2.41. The van der Waals surface area contributed by atoms with Gasteiger partial charge in [-0.05, 0) is 61.4 Å². The molecule has 0 unspecified atom stereocenters. The van der Waals surface area contributed by atoms with Crippen LogP contribution in [0.3, 0.4) is 0 Å². The first-order chi connectivity index (χ1) is 18.9. The van der Waals surface area contributed by atoms with Gasteiger partial charge in [0.1, 0.15) is 11.6 Å². The Labute approximate surface area is 222 Å². The summed E-state index contributed by atoms with van der Waals surface area (Å²) in [6.07, 6.45) is 2.61. The zero-order chi connectivity index (χ0) is 27.5. The lowest BCUT2D eigenvalue weighted by Gasteiger charge is -2.34. The number of amides is 2. The molecule has 2 atom stereocenters. The number of anilines is 2. The van der Waals surface area contributed by atoms with Gasteiger partial charge in [0.2, 0.25) is 11.8 Å². The molecule has 1 saturated carbocycles. The lowest BCUT2D eigenvalue weighted by molar-refractivity contribution is -0.134. The summed E-state index contributed by atoms with van der Waals surface area (Å²) in [4.78, 5) is 29.7. The third kappa shape index (κ3) is 5.45. The van der Waals surface area contributed by atoms with Crippen LogP contribution in [-0.2, 0) is 9.59 Å². The van der Waals surface area contributed by atoms with Crippen LogP contribution in [-0.4, -0.2) is 31.0 Å². The predicted octanol–water partition coefficient (Wildman–Crippen LogP) is 5.93. The number of carbonyl (C=O) groups is 2. The molecule has 1 aliphatic rings. The Balaban J connectivity index is 1.26. The molecule has 8 nitrogen and oxygen atoms in total. The van der Waals surface area contributed by atoms with Gasteiger partial charge in [-0.3, -0.25) is 14.6 Å². The second-order valence-electron chi connectivity index (χ2n) is 9.06. The van der Waals surface area contributed by atoms with Crippen molar-refractivity contribution in [1.29, 1.82) is 0 Å². The quantitative estimate of drug-likeness (QED) is 0.292. The molecular formula is C29H25F2N3O5. The SMILES string of the molecule is COc1cc2nccc(Oc3ccc(NC(=O)[C@@H]4CC[C@@H]4C(=O)Nc4ccc(F)cc4)cc3F)c2cc1OC. The van der Waals surface area contributed by atoms with Crippen LogP contribution in [0, 0.1) is 23.5 Å². The minimum atomic E-state index is -0.683. The lowest BCUT2D eigenvalue weighted by Crippen LogP contribution is -2.43. The molecule has 0 saturated heterocycles. The largest absolute Gasteiger partial charge is 0.493 e. The van der Waals surface area contributed by atoms with Crippen LogP contribution in [0.2, 0.25) is 0 Å². The number of pyridine rings is 1. The third-order valence-electron chi connectivity index (χ3n) is 6.69. The number of hydrogen-bond donors (Lipinski definition) is 2. The molecule has 0 aliphatic heterocycles. The van der Waals surface area contributed by atoms with Gasteiger partial charge in [-0.15, -0.1) is 0 Å². The second-order valence-corrected chi connectivity index (χ2v) is 9.06. The summed E-state index contributed by atoms with van der Waals surface area (Å²) in [5.41, 5.74) is 1.26. The van der Waals surface area contributed by atoms with Crippen LogP contribution in [0.5, 0.6) is 23.0 Å². The predicted molar refractivity (Wildman–Crippen MR) is 141 cm³/mol. The highest BCUT2D eigenvalue weighted by molar-refractivity contribution is 6.01. The van der Waals surface area contributed by atoms with Crippen LogP contribution < -0.4 is 24.8 Å². The summed E-state index contributed by atoms with van der Waals surface area (Å²) < 4.78 is 44.6. The van der Waals surface area contributed by atoms with E-state index in [-0.39, 0.29) is 23.3 Å². The molecule has 3 aromatic carbocycles. The fourth-order valence-corrected chi connectivity index (χ4v) is 4.45. The van der Waals surface area contributed by atoms with E-state index in [1.165, 1.54) is 56.8 Å². The number of nitrogens with zero attached hydrogens (tertiary/aromatic N) is 1. The van der Waals surface area contributed by atoms with Gasteiger partial charge in [0.05, 0.1) is 19.7 Å². The standard InChI is InChI=1S/C29H25F2N3O5/c1-37-26-14-21-23(15-27(26)38-2)32-12-11-24(21)39-25-10-7-18(13-22(25)31)34-29(36)20-9-8-19(20)28(35)33-17-5-3-16(30)4-6-17/h3-7,10-15,19-20H,8-9H2,1-2H3,(H,33,35)(H,34,36)/t19-,20+/m0/s1. The van der Waals surface area contributed by atoms with Crippen LogP contribution in [0.4, 0.5) is 20.2 Å². The monoisotopic (exact) mass is 533 g/mol. The molecule has 2 amide bonds. The number of carbonyl (C=O) groups excluding carboxylic acids is 2. The van der Waals surface area contributed by atoms with Crippen molar-refractivity contribution in [2.45, 2.75) is 12.8 Å². The van der Waals surface area contributed by atoms with Gasteiger partial charge < -0.3 is 24.8 Å². The molecule has 0 spiro atoms. The number of aromatic nitrogens is 1. The molecule has 5 rings (SSSR count). The first-order valence-corrected chi connectivity index (χ1v) is 12.2. The smallest absolute Gasteiger partial charge is 0.228 e. The number of ether oxygens (including phenoxy) is 3. The van der Waals surface area contributed by atoms with Crippen molar-refractivity contribution >= 4 is 34.1 Å². The average molecular weight is 534 g/mol. The molecule has 1 heterocycles. The van der Waals surface area contributed by atoms with E-state index in [4.69, 9.17) is 14.2 Å². The number of benzene rings is 3. The molecule has 0 bridgehead atoms. The molecule has 39 heavy (non-hydrogen) atoms. The number of methoxy groups -OCH3 is 2. The lowest BCUT2D eigenvalue weighted by atomic mass is 9.72. The van der Waals surface area contributed by atoms with E-state index in [9.17, 15) is 18.4 Å². The molecule has 200 valence electrons. The fourth-order valence-electron chi connectivity index (χ4n) is 4.45. The van der Waals surface area contributed by atoms with E-state index in [0.29, 0.717) is 46.7 Å². The van der Waals surface area contributed by atoms with E-state index in [0.717, 1.165) is 6.07 Å². The minimum Gasteiger partial charge on any atom is -0.493 e. The Morgan fingerprint density at radius 2 is 1.38 bits per heavy atom. The summed E-state index contributed by atoms with van der Waals surface area (Å²) in [5, 5.41) is 5.99. The van der Waals surface area contributed by atoms with Gasteiger partial charge in [0, 0.05) is 46.9 Å². The van der Waals surface area contributed by atoms with Crippen LogP contribution in [0.25, 0.3) is 10.9 Å². The molecule has 2 N–H and O–H groups in total. The molecule has 4 aromatic rings. The Morgan fingerprint density at radius 3 is 2.00 bits per heavy atom. The van der Waals surface area contributed by atoms with Crippen molar-refractivity contribution < 1.29 is 32.6 Å². The van der Waals surface area contributed by atoms with Crippen molar-refractivity contribution in [3.63, 3.8) is 0 Å². The molecule has 1 aliphatic carbocycles. The molecule has 0 radical (unpaired) electrons. The van der Waals surface area contributed by atoms with E-state index in [2.05, 4.69) is 15.6 Å². The normalized spacial score (nSPS) is 16.2. The number of halogens is 2. The molecular weight excluding hydrogens is 508 g/mol. The number of nitrogens with one attached hydrogen (secondary N) is 2. The van der Waals surface area contributed by atoms with Crippen LogP contribution in [0.1, 0.15) is 12.8 Å². The maximum Gasteiger partial charge on any atom is 0.228 e. The number of rotatable bonds is 8. The highest BCUT2D eigenvalue weighted by atomic mass is 19.1. The van der Waals surface area contributed by atoms with E-state index in [1.54, 1.807) is 18.2 Å². The zero-order valence-corrected chi connectivity index (χ0v) is 21.2.